The Morgan fingerprint density at radius 3 is 0.675 bits per heavy atom. The Labute approximate surface area is 515 Å². The molecule has 16 unspecified atom stereocenters. The minimum absolute atomic E-state index is 0.165. The van der Waals surface area contributed by atoms with Gasteiger partial charge in [-0.25, -0.2) is 0 Å². The molecule has 0 saturated carbocycles. The Balaban J connectivity index is 5.39. The predicted molar refractivity (Wildman–Crippen MR) is 364 cm³/mol. The molecule has 3 nitrogen and oxygen atoms in total. The molecule has 0 aliphatic rings. The lowest BCUT2D eigenvalue weighted by molar-refractivity contribution is -0.250. The highest BCUT2D eigenvalue weighted by atomic mass is 127. The lowest BCUT2D eigenvalue weighted by Gasteiger charge is -2.27. The van der Waals surface area contributed by atoms with Gasteiger partial charge in [0, 0.05) is 13.2 Å². The van der Waals surface area contributed by atoms with Gasteiger partial charge in [0.1, 0.15) is 0 Å². The number of unbranched alkanes of at least 4 members (excludes halogenated alkanes) is 12. The summed E-state index contributed by atoms with van der Waals surface area (Å²) in [5.74, 6) is 11.4. The average Bonchev–Trinajstić information content (AvgIpc) is 3.33. The average molecular weight is 1310 g/mol. The number of hydrogen-bond acceptors (Lipinski definition) is 3. The van der Waals surface area contributed by atoms with Crippen molar-refractivity contribution in [2.24, 2.45) is 82.9 Å². The highest BCUT2D eigenvalue weighted by Crippen LogP contribution is 2.34. The van der Waals surface area contributed by atoms with Gasteiger partial charge in [-0.15, -0.1) is 0 Å². The summed E-state index contributed by atoms with van der Waals surface area (Å²) in [6, 6.07) is 0. The smallest absolute Gasteiger partial charge is 0.160 e. The van der Waals surface area contributed by atoms with Gasteiger partial charge in [-0.2, -0.15) is 0 Å². The second-order valence-electron chi connectivity index (χ2n) is 28.8. The first-order chi connectivity index (χ1) is 36.8. The van der Waals surface area contributed by atoms with Crippen LogP contribution in [0, 0.1) is 82.9 Å². The molecule has 0 aromatic rings. The Hall–Kier alpha value is 1.34. The van der Waals surface area contributed by atoms with Gasteiger partial charge in [-0.05, 0) is 233 Å². The van der Waals surface area contributed by atoms with Crippen LogP contribution in [0.4, 0.5) is 0 Å². The zero-order chi connectivity index (χ0) is 57.6. The van der Waals surface area contributed by atoms with Gasteiger partial charge in [0.25, 0.3) is 0 Å². The Kier molecular flexibility index (Phi) is 53.8. The number of alkyl halides is 2. The summed E-state index contributed by atoms with van der Waals surface area (Å²) in [5.41, 5.74) is 0. The van der Waals surface area contributed by atoms with Crippen molar-refractivity contribution in [2.75, 3.05) is 22.1 Å². The number of hydrogen-bond donors (Lipinski definition) is 0. The van der Waals surface area contributed by atoms with Gasteiger partial charge in [0.15, 0.2) is 12.6 Å². The molecule has 0 fully saturated rings. The number of ether oxygens (including phenoxy) is 3. The van der Waals surface area contributed by atoms with Gasteiger partial charge in [0.2, 0.25) is 0 Å². The third kappa shape index (κ3) is 50.4. The molecule has 0 radical (unpaired) electrons. The van der Waals surface area contributed by atoms with Crippen LogP contribution in [0.5, 0.6) is 0 Å². The molecule has 0 spiro atoms. The maximum atomic E-state index is 6.99. The first-order valence-corrected chi connectivity index (χ1v) is 37.9. The summed E-state index contributed by atoms with van der Waals surface area (Å²) in [6.45, 7) is 41.6. The molecule has 77 heavy (non-hydrogen) atoms. The van der Waals surface area contributed by atoms with Gasteiger partial charge in [-0.1, -0.05) is 246 Å². The molecule has 16 atom stereocenters. The van der Waals surface area contributed by atoms with Gasteiger partial charge in [-0.3, -0.25) is 0 Å². The first kappa shape index (κ1) is 78.3. The summed E-state index contributed by atoms with van der Waals surface area (Å²) in [4.78, 5) is 0. The van der Waals surface area contributed by atoms with E-state index in [1.807, 2.05) is 0 Å². The Morgan fingerprint density at radius 2 is 0.442 bits per heavy atom. The van der Waals surface area contributed by atoms with E-state index in [1.165, 1.54) is 214 Å². The maximum absolute atomic E-state index is 6.99. The normalized spacial score (nSPS) is 18.6. The van der Waals surface area contributed by atoms with E-state index in [0.717, 1.165) is 122 Å². The molecule has 5 heteroatoms. The molecule has 0 rings (SSSR count). The van der Waals surface area contributed by atoms with Crippen LogP contribution in [0.1, 0.15) is 342 Å². The van der Waals surface area contributed by atoms with Crippen LogP contribution < -0.4 is 0 Å². The van der Waals surface area contributed by atoms with E-state index < -0.39 is 0 Å². The minimum Gasteiger partial charge on any atom is -0.353 e. The number of rotatable bonds is 58. The molecule has 0 aliphatic heterocycles. The fraction of sp³-hybridized carbons (Fsp3) is 1.00. The maximum Gasteiger partial charge on any atom is 0.160 e. The molecule has 464 valence electrons. The predicted octanol–water partition coefficient (Wildman–Crippen LogP) is 25.5. The number of halogens is 2. The van der Waals surface area contributed by atoms with Crippen molar-refractivity contribution < 1.29 is 14.2 Å². The van der Waals surface area contributed by atoms with E-state index in [2.05, 4.69) is 156 Å². The highest BCUT2D eigenvalue weighted by Gasteiger charge is 2.23. The van der Waals surface area contributed by atoms with Crippen molar-refractivity contribution in [3.8, 4) is 0 Å². The van der Waals surface area contributed by atoms with Crippen LogP contribution in [-0.2, 0) is 14.2 Å². The van der Waals surface area contributed by atoms with Gasteiger partial charge in [0.05, 0.1) is 0 Å². The van der Waals surface area contributed by atoms with Crippen molar-refractivity contribution in [1.82, 2.24) is 0 Å². The molecule has 0 aliphatic carbocycles. The van der Waals surface area contributed by atoms with Crippen LogP contribution in [0.2, 0.25) is 0 Å². The summed E-state index contributed by atoms with van der Waals surface area (Å²) in [6.07, 6.45) is 47.0. The molecule has 0 bridgehead atoms. The third-order valence-corrected chi connectivity index (χ3v) is 19.5. The summed E-state index contributed by atoms with van der Waals surface area (Å²) < 4.78 is 23.0. The lowest BCUT2D eigenvalue weighted by atomic mass is 9.80. The van der Waals surface area contributed by atoms with Crippen molar-refractivity contribution >= 4 is 45.2 Å². The third-order valence-electron chi connectivity index (χ3n) is 18.0. The van der Waals surface area contributed by atoms with Crippen LogP contribution in [0.15, 0.2) is 0 Å². The van der Waals surface area contributed by atoms with Crippen molar-refractivity contribution in [3.63, 3.8) is 0 Å². The zero-order valence-corrected chi connectivity index (χ0v) is 59.8. The van der Waals surface area contributed by atoms with E-state index in [1.54, 1.807) is 0 Å². The lowest BCUT2D eigenvalue weighted by Crippen LogP contribution is -2.28. The summed E-state index contributed by atoms with van der Waals surface area (Å²) in [5, 5.41) is 0. The van der Waals surface area contributed by atoms with Crippen LogP contribution in [0.3, 0.4) is 0 Å². The molecule has 0 N–H and O–H groups in total. The molecule has 0 aromatic carbocycles. The van der Waals surface area contributed by atoms with E-state index in [9.17, 15) is 0 Å². The monoisotopic (exact) mass is 1310 g/mol. The standard InChI is InChI=1S/C72H144I2O3/c1-17-19-21-23-25-27-29-43-75-71(39-31-35-57(3)45-61(7)49-65(11)53-69(15)55-67(13)51-63(9)47-59(5)37-33-41-73)77-72(76-44-30-28-26-24-22-20-18-2)40-32-36-58(4)46-62(8)50-66(12)54-70(16)56-68(14)52-64(10)48-60(6)38-34-42-74/h57-72H,17-56H2,1-16H3. The van der Waals surface area contributed by atoms with Gasteiger partial charge < -0.3 is 14.2 Å². The first-order valence-electron chi connectivity index (χ1n) is 34.8. The highest BCUT2D eigenvalue weighted by molar-refractivity contribution is 14.1. The van der Waals surface area contributed by atoms with Crippen LogP contribution >= 0.6 is 45.2 Å². The molecule has 0 heterocycles. The largest absolute Gasteiger partial charge is 0.353 e. The second-order valence-corrected chi connectivity index (χ2v) is 31.0. The molecule has 0 amide bonds. The van der Waals surface area contributed by atoms with E-state index in [-0.39, 0.29) is 12.6 Å². The van der Waals surface area contributed by atoms with Crippen LogP contribution in [-0.4, -0.2) is 34.6 Å². The zero-order valence-electron chi connectivity index (χ0n) is 55.5. The SMILES string of the molecule is CCCCCCCCCOC(CCCC(C)CC(C)CC(C)CC(C)CC(C)CC(C)CC(C)CCCI)OC(CCCC(C)CC(C)CC(C)CC(C)CC(C)CC(C)CC(C)CCCI)OCCCCCCCCC. The van der Waals surface area contributed by atoms with Crippen molar-refractivity contribution in [1.29, 1.82) is 0 Å². The van der Waals surface area contributed by atoms with E-state index >= 15 is 0 Å². The van der Waals surface area contributed by atoms with Crippen LogP contribution in [0.25, 0.3) is 0 Å². The van der Waals surface area contributed by atoms with E-state index in [4.69, 9.17) is 14.2 Å². The Morgan fingerprint density at radius 1 is 0.234 bits per heavy atom. The molecular formula is C72H144I2O3. The second kappa shape index (κ2) is 52.9. The van der Waals surface area contributed by atoms with Crippen molar-refractivity contribution in [2.45, 2.75) is 355 Å². The Bertz CT molecular complexity index is 1130. The summed E-state index contributed by atoms with van der Waals surface area (Å²) in [7, 11) is 0. The molecule has 0 saturated heterocycles. The summed E-state index contributed by atoms with van der Waals surface area (Å²) >= 11 is 5.07. The molecular weight excluding hydrogens is 1170 g/mol. The fourth-order valence-corrected chi connectivity index (χ4v) is 15.8. The molecule has 0 aromatic heterocycles. The fourth-order valence-electron chi connectivity index (χ4n) is 14.9. The van der Waals surface area contributed by atoms with Crippen molar-refractivity contribution in [3.05, 3.63) is 0 Å². The van der Waals surface area contributed by atoms with E-state index in [0.29, 0.717) is 0 Å². The van der Waals surface area contributed by atoms with Gasteiger partial charge >= 0.3 is 0 Å². The minimum atomic E-state index is -0.165. The quantitative estimate of drug-likeness (QED) is 0.0263. The topological polar surface area (TPSA) is 27.7 Å².